The molecule has 0 aromatic rings. The summed E-state index contributed by atoms with van der Waals surface area (Å²) in [7, 11) is 0. The largest absolute Gasteiger partial charge is 0.461 e. The Labute approximate surface area is 126 Å². The molecule has 2 N–H and O–H groups in total. The fraction of sp³-hybridized carbons (Fsp3) is 0.867. The molecule has 21 heavy (non-hydrogen) atoms. The van der Waals surface area contributed by atoms with E-state index < -0.39 is 29.8 Å². The van der Waals surface area contributed by atoms with Crippen molar-refractivity contribution in [2.75, 3.05) is 0 Å². The van der Waals surface area contributed by atoms with Gasteiger partial charge in [-0.25, -0.2) is 9.59 Å². The predicted octanol–water partition coefficient (Wildman–Crippen LogP) is 2.14. The van der Waals surface area contributed by atoms with Crippen molar-refractivity contribution >= 4 is 12.1 Å². The molecule has 0 aliphatic heterocycles. The van der Waals surface area contributed by atoms with Crippen molar-refractivity contribution in [2.45, 2.75) is 83.6 Å². The number of carbonyl (C=O) groups is 2. The van der Waals surface area contributed by atoms with Crippen LogP contribution >= 0.6 is 0 Å². The van der Waals surface area contributed by atoms with Gasteiger partial charge >= 0.3 is 12.1 Å². The van der Waals surface area contributed by atoms with E-state index in [4.69, 9.17) is 9.47 Å². The van der Waals surface area contributed by atoms with Crippen LogP contribution in [0.4, 0.5) is 4.79 Å². The highest BCUT2D eigenvalue weighted by Crippen LogP contribution is 2.21. The van der Waals surface area contributed by atoms with Crippen LogP contribution in [0, 0.1) is 0 Å². The lowest BCUT2D eigenvalue weighted by atomic mass is 9.98. The maximum absolute atomic E-state index is 12.1. The fourth-order valence-electron chi connectivity index (χ4n) is 2.23. The molecule has 1 aliphatic rings. The SMILES string of the molecule is C[C@@H](O)[C@H](NC(=O)OC(C)(C)C)C(=O)OC1CCCCC1. The smallest absolute Gasteiger partial charge is 0.408 e. The normalized spacial score (nSPS) is 19.5. The van der Waals surface area contributed by atoms with Crippen molar-refractivity contribution in [3.63, 3.8) is 0 Å². The first-order chi connectivity index (χ1) is 9.69. The van der Waals surface area contributed by atoms with Crippen molar-refractivity contribution in [3.05, 3.63) is 0 Å². The maximum atomic E-state index is 12.1. The zero-order valence-electron chi connectivity index (χ0n) is 13.3. The van der Waals surface area contributed by atoms with Gasteiger partial charge < -0.3 is 19.9 Å². The van der Waals surface area contributed by atoms with Crippen LogP contribution in [0.25, 0.3) is 0 Å². The highest BCUT2D eigenvalue weighted by atomic mass is 16.6. The third kappa shape index (κ3) is 6.80. The Morgan fingerprint density at radius 1 is 1.19 bits per heavy atom. The maximum Gasteiger partial charge on any atom is 0.408 e. The number of nitrogens with one attached hydrogen (secondary N) is 1. The van der Waals surface area contributed by atoms with E-state index >= 15 is 0 Å². The van der Waals surface area contributed by atoms with Crippen LogP contribution in [0.5, 0.6) is 0 Å². The minimum absolute atomic E-state index is 0.118. The summed E-state index contributed by atoms with van der Waals surface area (Å²) in [5.74, 6) is -0.609. The molecule has 0 aromatic carbocycles. The van der Waals surface area contributed by atoms with Crippen molar-refractivity contribution in [1.82, 2.24) is 5.32 Å². The van der Waals surface area contributed by atoms with Crippen LogP contribution in [-0.2, 0) is 14.3 Å². The number of rotatable bonds is 4. The highest BCUT2D eigenvalue weighted by Gasteiger charge is 2.31. The molecule has 2 atom stereocenters. The van der Waals surface area contributed by atoms with Crippen LogP contribution in [0.2, 0.25) is 0 Å². The van der Waals surface area contributed by atoms with Crippen molar-refractivity contribution in [2.24, 2.45) is 0 Å². The minimum atomic E-state index is -1.11. The minimum Gasteiger partial charge on any atom is -0.461 e. The Hall–Kier alpha value is -1.30. The first kappa shape index (κ1) is 17.8. The molecule has 0 spiro atoms. The number of amides is 1. The van der Waals surface area contributed by atoms with Crippen molar-refractivity contribution in [3.8, 4) is 0 Å². The van der Waals surface area contributed by atoms with E-state index in [2.05, 4.69) is 5.32 Å². The number of carbonyl (C=O) groups excluding carboxylic acids is 2. The average molecular weight is 301 g/mol. The first-order valence-electron chi connectivity index (χ1n) is 7.57. The summed E-state index contributed by atoms with van der Waals surface area (Å²) in [6.07, 6.45) is 3.00. The summed E-state index contributed by atoms with van der Waals surface area (Å²) in [6, 6.07) is -1.11. The van der Waals surface area contributed by atoms with Gasteiger partial charge in [-0.05, 0) is 53.4 Å². The molecular weight excluding hydrogens is 274 g/mol. The zero-order valence-corrected chi connectivity index (χ0v) is 13.3. The number of aliphatic hydroxyl groups is 1. The van der Waals surface area contributed by atoms with E-state index in [0.29, 0.717) is 0 Å². The molecule has 1 aliphatic carbocycles. The molecule has 122 valence electrons. The Kier molecular flexibility index (Phi) is 6.45. The molecule has 0 radical (unpaired) electrons. The highest BCUT2D eigenvalue weighted by molar-refractivity contribution is 5.82. The molecule has 6 nitrogen and oxygen atoms in total. The molecule has 0 saturated heterocycles. The van der Waals surface area contributed by atoms with Gasteiger partial charge in [0.15, 0.2) is 6.04 Å². The second kappa shape index (κ2) is 7.64. The number of hydrogen-bond acceptors (Lipinski definition) is 5. The molecule has 0 bridgehead atoms. The van der Waals surface area contributed by atoms with Crippen molar-refractivity contribution < 1.29 is 24.2 Å². The van der Waals surface area contributed by atoms with Gasteiger partial charge in [0, 0.05) is 0 Å². The monoisotopic (exact) mass is 301 g/mol. The third-order valence-electron chi connectivity index (χ3n) is 3.24. The van der Waals surface area contributed by atoms with Gasteiger partial charge in [-0.15, -0.1) is 0 Å². The predicted molar refractivity (Wildman–Crippen MR) is 77.8 cm³/mol. The van der Waals surface area contributed by atoms with E-state index in [1.54, 1.807) is 20.8 Å². The number of alkyl carbamates (subject to hydrolysis) is 1. The van der Waals surface area contributed by atoms with Gasteiger partial charge in [0.1, 0.15) is 11.7 Å². The van der Waals surface area contributed by atoms with Crippen LogP contribution in [0.1, 0.15) is 59.8 Å². The lowest BCUT2D eigenvalue weighted by Crippen LogP contribution is -2.50. The zero-order chi connectivity index (χ0) is 16.0. The molecule has 1 amide bonds. The van der Waals surface area contributed by atoms with Gasteiger partial charge in [0.25, 0.3) is 0 Å². The van der Waals surface area contributed by atoms with Crippen LogP contribution in [-0.4, -0.2) is 41.0 Å². The van der Waals surface area contributed by atoms with Gasteiger partial charge in [-0.2, -0.15) is 0 Å². The van der Waals surface area contributed by atoms with Crippen LogP contribution < -0.4 is 5.32 Å². The third-order valence-corrected chi connectivity index (χ3v) is 3.24. The number of esters is 1. The van der Waals surface area contributed by atoms with Crippen LogP contribution in [0.15, 0.2) is 0 Å². The van der Waals surface area contributed by atoms with E-state index in [0.717, 1.165) is 32.1 Å². The van der Waals surface area contributed by atoms with Gasteiger partial charge in [-0.3, -0.25) is 0 Å². The average Bonchev–Trinajstić information content (AvgIpc) is 2.34. The number of aliphatic hydroxyl groups excluding tert-OH is 1. The summed E-state index contributed by atoms with van der Waals surface area (Å²) < 4.78 is 10.5. The molecule has 0 heterocycles. The molecule has 1 rings (SSSR count). The number of hydrogen-bond donors (Lipinski definition) is 2. The first-order valence-corrected chi connectivity index (χ1v) is 7.57. The quantitative estimate of drug-likeness (QED) is 0.777. The summed E-state index contributed by atoms with van der Waals surface area (Å²) in [5, 5.41) is 12.1. The Balaban J connectivity index is 2.55. The second-order valence-corrected chi connectivity index (χ2v) is 6.56. The van der Waals surface area contributed by atoms with E-state index in [9.17, 15) is 14.7 Å². The standard InChI is InChI=1S/C15H27NO5/c1-10(17)12(16-14(19)21-15(2,3)4)13(18)20-11-8-6-5-7-9-11/h10-12,17H,5-9H2,1-4H3,(H,16,19)/t10-,12+/m1/s1. The van der Waals surface area contributed by atoms with Crippen molar-refractivity contribution in [1.29, 1.82) is 0 Å². The Morgan fingerprint density at radius 2 is 1.76 bits per heavy atom. The van der Waals surface area contributed by atoms with Gasteiger partial charge in [0.05, 0.1) is 6.10 Å². The summed E-state index contributed by atoms with van der Waals surface area (Å²) >= 11 is 0. The lowest BCUT2D eigenvalue weighted by Gasteiger charge is -2.27. The molecule has 1 saturated carbocycles. The van der Waals surface area contributed by atoms with Crippen LogP contribution in [0.3, 0.4) is 0 Å². The number of ether oxygens (including phenoxy) is 2. The molecular formula is C15H27NO5. The second-order valence-electron chi connectivity index (χ2n) is 6.56. The van der Waals surface area contributed by atoms with Gasteiger partial charge in [0.2, 0.25) is 0 Å². The lowest BCUT2D eigenvalue weighted by molar-refractivity contribution is -0.155. The Morgan fingerprint density at radius 3 is 2.24 bits per heavy atom. The van der Waals surface area contributed by atoms with E-state index in [1.165, 1.54) is 6.92 Å². The fourth-order valence-corrected chi connectivity index (χ4v) is 2.23. The van der Waals surface area contributed by atoms with E-state index in [-0.39, 0.29) is 6.10 Å². The molecule has 0 aromatic heterocycles. The topological polar surface area (TPSA) is 84.9 Å². The van der Waals surface area contributed by atoms with E-state index in [1.807, 2.05) is 0 Å². The summed E-state index contributed by atoms with van der Waals surface area (Å²) in [5.41, 5.74) is -0.666. The van der Waals surface area contributed by atoms with Gasteiger partial charge in [-0.1, -0.05) is 6.42 Å². The Bertz CT molecular complexity index is 356. The molecule has 6 heteroatoms. The molecule has 1 fully saturated rings. The summed E-state index contributed by atoms with van der Waals surface area (Å²) in [4.78, 5) is 23.8. The summed E-state index contributed by atoms with van der Waals surface area (Å²) in [6.45, 7) is 6.61. The molecule has 0 unspecified atom stereocenters.